The minimum atomic E-state index is -0.553. The molecule has 178 valence electrons. The van der Waals surface area contributed by atoms with Crippen LogP contribution in [0.2, 0.25) is 0 Å². The fourth-order valence-electron chi connectivity index (χ4n) is 4.65. The van der Waals surface area contributed by atoms with E-state index >= 15 is 0 Å². The van der Waals surface area contributed by atoms with E-state index in [4.69, 9.17) is 13.9 Å². The first-order chi connectivity index (χ1) is 16.4. The van der Waals surface area contributed by atoms with Gasteiger partial charge in [0.15, 0.2) is 16.9 Å². The molecule has 1 aliphatic rings. The van der Waals surface area contributed by atoms with E-state index in [1.165, 1.54) is 0 Å². The van der Waals surface area contributed by atoms with Crippen LogP contribution in [0.5, 0.6) is 11.5 Å². The van der Waals surface area contributed by atoms with Crippen molar-refractivity contribution in [2.75, 3.05) is 19.8 Å². The molecule has 1 aliphatic heterocycles. The van der Waals surface area contributed by atoms with Gasteiger partial charge in [0.05, 0.1) is 23.6 Å². The zero-order chi connectivity index (χ0) is 24.4. The highest BCUT2D eigenvalue weighted by atomic mass is 16.5. The number of unbranched alkanes of at least 4 members (excludes halogenated alkanes) is 1. The third kappa shape index (κ3) is 4.09. The van der Waals surface area contributed by atoms with E-state index in [0.717, 1.165) is 29.5 Å². The minimum absolute atomic E-state index is 0.133. The van der Waals surface area contributed by atoms with Gasteiger partial charge in [0, 0.05) is 6.54 Å². The molecule has 0 aliphatic carbocycles. The Morgan fingerprint density at radius 1 is 1.09 bits per heavy atom. The quantitative estimate of drug-likeness (QED) is 0.381. The van der Waals surface area contributed by atoms with E-state index in [0.29, 0.717) is 47.8 Å². The Kier molecular flexibility index (Phi) is 6.77. The van der Waals surface area contributed by atoms with Gasteiger partial charge in [0.1, 0.15) is 12.2 Å². The van der Waals surface area contributed by atoms with Gasteiger partial charge < -0.3 is 18.8 Å². The van der Waals surface area contributed by atoms with Crippen LogP contribution < -0.4 is 14.9 Å². The Labute approximate surface area is 199 Å². The average Bonchev–Trinajstić information content (AvgIpc) is 3.08. The third-order valence-corrected chi connectivity index (χ3v) is 6.10. The second-order valence-electron chi connectivity index (χ2n) is 8.62. The van der Waals surface area contributed by atoms with Gasteiger partial charge >= 0.3 is 0 Å². The van der Waals surface area contributed by atoms with Gasteiger partial charge in [-0.15, -0.1) is 0 Å². The number of amides is 1. The second kappa shape index (κ2) is 9.75. The van der Waals surface area contributed by atoms with Gasteiger partial charge in [-0.2, -0.15) is 0 Å². The van der Waals surface area contributed by atoms with E-state index in [1.54, 1.807) is 11.0 Å². The molecule has 0 N–H and O–H groups in total. The number of benzene rings is 2. The Morgan fingerprint density at radius 2 is 1.88 bits per heavy atom. The summed E-state index contributed by atoms with van der Waals surface area (Å²) in [5.41, 5.74) is 3.30. The first-order valence-electron chi connectivity index (χ1n) is 11.8. The van der Waals surface area contributed by atoms with E-state index in [1.807, 2.05) is 51.1 Å². The van der Waals surface area contributed by atoms with Crippen LogP contribution in [0.15, 0.2) is 52.2 Å². The zero-order valence-corrected chi connectivity index (χ0v) is 20.3. The SMILES string of the molecule is C=CCOc1ccc(C2c3c(oc4cc(C)cc(C)c4c3=O)C(=O)N2CCCC)cc1OCC. The lowest BCUT2D eigenvalue weighted by Crippen LogP contribution is -2.30. The summed E-state index contributed by atoms with van der Waals surface area (Å²) in [7, 11) is 0. The summed E-state index contributed by atoms with van der Waals surface area (Å²) >= 11 is 0. The van der Waals surface area contributed by atoms with E-state index in [2.05, 4.69) is 13.5 Å². The third-order valence-electron chi connectivity index (χ3n) is 6.10. The average molecular weight is 462 g/mol. The van der Waals surface area contributed by atoms with Crippen LogP contribution in [-0.2, 0) is 0 Å². The van der Waals surface area contributed by atoms with Crippen molar-refractivity contribution in [1.82, 2.24) is 4.90 Å². The molecule has 3 aromatic rings. The molecule has 0 radical (unpaired) electrons. The number of hydrogen-bond donors (Lipinski definition) is 0. The monoisotopic (exact) mass is 461 g/mol. The lowest BCUT2D eigenvalue weighted by Gasteiger charge is -2.25. The smallest absolute Gasteiger partial charge is 0.290 e. The Morgan fingerprint density at radius 3 is 2.59 bits per heavy atom. The topological polar surface area (TPSA) is 69.0 Å². The summed E-state index contributed by atoms with van der Waals surface area (Å²) in [5, 5.41) is 0.524. The lowest BCUT2D eigenvalue weighted by atomic mass is 9.96. The molecule has 1 aromatic heterocycles. The van der Waals surface area contributed by atoms with Crippen LogP contribution in [0.1, 0.15) is 65.5 Å². The molecular formula is C28H31NO5. The first kappa shape index (κ1) is 23.6. The Balaban J connectivity index is 1.93. The maximum Gasteiger partial charge on any atom is 0.290 e. The van der Waals surface area contributed by atoms with Crippen LogP contribution in [0.25, 0.3) is 11.0 Å². The van der Waals surface area contributed by atoms with Crippen molar-refractivity contribution >= 4 is 16.9 Å². The molecule has 0 spiro atoms. The maximum absolute atomic E-state index is 13.8. The standard InChI is InChI=1S/C28H31NO5/c1-6-9-12-29-25(19-10-11-20(33-13-7-2)21(16-19)32-8-3)24-26(30)23-18(5)14-17(4)15-22(23)34-27(24)28(29)31/h7,10-11,14-16,25H,2,6,8-9,12-13H2,1,3-5H3. The molecule has 0 fully saturated rings. The predicted octanol–water partition coefficient (Wildman–Crippen LogP) is 5.72. The molecule has 1 atom stereocenters. The number of nitrogens with zero attached hydrogens (tertiary/aromatic N) is 1. The van der Waals surface area contributed by atoms with Crippen LogP contribution >= 0.6 is 0 Å². The molecule has 2 heterocycles. The van der Waals surface area contributed by atoms with Crippen LogP contribution in [0.3, 0.4) is 0 Å². The van der Waals surface area contributed by atoms with Gasteiger partial charge in [0.2, 0.25) is 5.76 Å². The van der Waals surface area contributed by atoms with Gasteiger partial charge in [-0.3, -0.25) is 9.59 Å². The van der Waals surface area contributed by atoms with E-state index < -0.39 is 6.04 Å². The van der Waals surface area contributed by atoms with Crippen molar-refractivity contribution < 1.29 is 18.7 Å². The highest BCUT2D eigenvalue weighted by Gasteiger charge is 2.42. The largest absolute Gasteiger partial charge is 0.490 e. The summed E-state index contributed by atoms with van der Waals surface area (Å²) in [5.74, 6) is 1.03. The van der Waals surface area contributed by atoms with Crippen molar-refractivity contribution in [2.24, 2.45) is 0 Å². The van der Waals surface area contributed by atoms with Gasteiger partial charge in [-0.1, -0.05) is 38.1 Å². The summed E-state index contributed by atoms with van der Waals surface area (Å²) in [6.07, 6.45) is 3.41. The van der Waals surface area contributed by atoms with Crippen molar-refractivity contribution in [3.05, 3.63) is 81.2 Å². The summed E-state index contributed by atoms with van der Waals surface area (Å²) in [4.78, 5) is 29.1. The fourth-order valence-corrected chi connectivity index (χ4v) is 4.65. The predicted molar refractivity (Wildman–Crippen MR) is 133 cm³/mol. The number of fused-ring (bicyclic) bond motifs is 2. The van der Waals surface area contributed by atoms with Crippen molar-refractivity contribution in [2.45, 2.75) is 46.6 Å². The number of carbonyl (C=O) groups is 1. The maximum atomic E-state index is 13.8. The molecular weight excluding hydrogens is 430 g/mol. The molecule has 34 heavy (non-hydrogen) atoms. The Bertz CT molecular complexity index is 1310. The van der Waals surface area contributed by atoms with Gasteiger partial charge in [-0.25, -0.2) is 0 Å². The first-order valence-corrected chi connectivity index (χ1v) is 11.8. The molecule has 2 aromatic carbocycles. The van der Waals surface area contributed by atoms with Crippen molar-refractivity contribution in [1.29, 1.82) is 0 Å². The molecule has 0 saturated carbocycles. The van der Waals surface area contributed by atoms with Crippen LogP contribution in [0.4, 0.5) is 0 Å². The molecule has 6 nitrogen and oxygen atoms in total. The molecule has 1 amide bonds. The highest BCUT2D eigenvalue weighted by molar-refractivity contribution is 5.99. The van der Waals surface area contributed by atoms with Gasteiger partial charge in [0.25, 0.3) is 5.91 Å². The minimum Gasteiger partial charge on any atom is -0.490 e. The van der Waals surface area contributed by atoms with E-state index in [-0.39, 0.29) is 17.1 Å². The molecule has 1 unspecified atom stereocenters. The summed E-state index contributed by atoms with van der Waals surface area (Å²) in [6.45, 7) is 12.8. The number of ether oxygens (including phenoxy) is 2. The number of carbonyl (C=O) groups excluding carboxylic acids is 1. The van der Waals surface area contributed by atoms with Crippen molar-refractivity contribution in [3.8, 4) is 11.5 Å². The molecule has 0 saturated heterocycles. The van der Waals surface area contributed by atoms with Gasteiger partial charge in [-0.05, 0) is 62.1 Å². The second-order valence-corrected chi connectivity index (χ2v) is 8.62. The van der Waals surface area contributed by atoms with Crippen LogP contribution in [0, 0.1) is 13.8 Å². The summed E-state index contributed by atoms with van der Waals surface area (Å²) in [6, 6.07) is 8.80. The number of hydrogen-bond acceptors (Lipinski definition) is 5. The van der Waals surface area contributed by atoms with E-state index in [9.17, 15) is 9.59 Å². The lowest BCUT2D eigenvalue weighted by molar-refractivity contribution is 0.0725. The summed E-state index contributed by atoms with van der Waals surface area (Å²) < 4.78 is 17.7. The number of aryl methyl sites for hydroxylation is 2. The zero-order valence-electron chi connectivity index (χ0n) is 20.3. The van der Waals surface area contributed by atoms with Crippen LogP contribution in [-0.4, -0.2) is 30.6 Å². The molecule has 4 rings (SSSR count). The molecule has 6 heteroatoms. The Hall–Kier alpha value is -3.54. The fraction of sp³-hybridized carbons (Fsp3) is 0.357. The van der Waals surface area contributed by atoms with Crippen molar-refractivity contribution in [3.63, 3.8) is 0 Å². The highest BCUT2D eigenvalue weighted by Crippen LogP contribution is 2.41. The number of rotatable bonds is 9. The normalized spacial score (nSPS) is 15.0. The molecule has 0 bridgehead atoms.